The summed E-state index contributed by atoms with van der Waals surface area (Å²) in [4.78, 5) is 12.8. The van der Waals surface area contributed by atoms with Crippen molar-refractivity contribution in [2.24, 2.45) is 5.41 Å². The molecule has 3 N–H and O–H groups in total. The fraction of sp³-hybridized carbons (Fsp3) is 0.444. The van der Waals surface area contributed by atoms with Crippen LogP contribution in [0.25, 0.3) is 0 Å². The van der Waals surface area contributed by atoms with Crippen molar-refractivity contribution in [1.29, 1.82) is 0 Å². The molecule has 2 aromatic rings. The molecular formula is C18H23ClF2N4O. The Bertz CT molecular complexity index is 801. The first-order chi connectivity index (χ1) is 11.8. The van der Waals surface area contributed by atoms with E-state index in [1.807, 2.05) is 20.8 Å². The Balaban J connectivity index is 0.00000243. The molecule has 3 rings (SSSR count). The van der Waals surface area contributed by atoms with Crippen molar-refractivity contribution >= 4 is 18.3 Å². The highest BCUT2D eigenvalue weighted by molar-refractivity contribution is 5.94. The number of hydrogen-bond donors (Lipinski definition) is 3. The number of H-pyrrole nitrogens is 1. The maximum atomic E-state index is 14.3. The average molecular weight is 385 g/mol. The molecule has 1 amide bonds. The van der Waals surface area contributed by atoms with Gasteiger partial charge in [0.15, 0.2) is 5.69 Å². The van der Waals surface area contributed by atoms with Crippen LogP contribution in [0.3, 0.4) is 0 Å². The molecular weight excluding hydrogens is 362 g/mol. The molecule has 0 fully saturated rings. The number of benzene rings is 1. The second-order valence-electron chi connectivity index (χ2n) is 7.39. The molecule has 2 heterocycles. The van der Waals surface area contributed by atoms with Gasteiger partial charge in [0.1, 0.15) is 11.6 Å². The van der Waals surface area contributed by atoms with Crippen molar-refractivity contribution in [3.05, 3.63) is 52.3 Å². The number of nitrogens with zero attached hydrogens (tertiary/aromatic N) is 1. The minimum absolute atomic E-state index is 0. The number of nitrogens with one attached hydrogen (secondary N) is 3. The van der Waals surface area contributed by atoms with E-state index in [0.717, 1.165) is 30.3 Å². The zero-order valence-electron chi connectivity index (χ0n) is 15.0. The Kier molecular flexibility index (Phi) is 6.03. The Hall–Kier alpha value is -1.99. The Morgan fingerprint density at radius 3 is 2.69 bits per heavy atom. The summed E-state index contributed by atoms with van der Waals surface area (Å²) in [5, 5.41) is 13.1. The van der Waals surface area contributed by atoms with Gasteiger partial charge in [0.25, 0.3) is 5.91 Å². The highest BCUT2D eigenvalue weighted by atomic mass is 35.5. The summed E-state index contributed by atoms with van der Waals surface area (Å²) in [5.74, 6) is -1.69. The first-order valence-corrected chi connectivity index (χ1v) is 8.30. The van der Waals surface area contributed by atoms with Crippen molar-refractivity contribution in [2.75, 3.05) is 6.54 Å². The number of fused-ring (bicyclic) bond motifs is 1. The quantitative estimate of drug-likeness (QED) is 0.760. The molecule has 142 valence electrons. The maximum Gasteiger partial charge on any atom is 0.272 e. The highest BCUT2D eigenvalue weighted by Crippen LogP contribution is 2.34. The van der Waals surface area contributed by atoms with Crippen molar-refractivity contribution in [1.82, 2.24) is 20.8 Å². The smallest absolute Gasteiger partial charge is 0.272 e. The first kappa shape index (κ1) is 20.3. The fourth-order valence-corrected chi connectivity index (χ4v) is 3.11. The molecule has 26 heavy (non-hydrogen) atoms. The van der Waals surface area contributed by atoms with Crippen molar-refractivity contribution < 1.29 is 13.6 Å². The van der Waals surface area contributed by atoms with Gasteiger partial charge in [-0.05, 0) is 11.5 Å². The third-order valence-corrected chi connectivity index (χ3v) is 4.44. The molecule has 0 spiro atoms. The van der Waals surface area contributed by atoms with Crippen LogP contribution in [0, 0.1) is 17.0 Å². The Morgan fingerprint density at radius 1 is 1.31 bits per heavy atom. The fourth-order valence-electron chi connectivity index (χ4n) is 3.11. The van der Waals surface area contributed by atoms with Gasteiger partial charge in [-0.25, -0.2) is 8.78 Å². The lowest BCUT2D eigenvalue weighted by molar-refractivity contribution is 0.0893. The van der Waals surface area contributed by atoms with Crippen LogP contribution in [0.1, 0.15) is 54.1 Å². The van der Waals surface area contributed by atoms with Gasteiger partial charge < -0.3 is 10.6 Å². The molecule has 0 radical (unpaired) electrons. The van der Waals surface area contributed by atoms with E-state index in [2.05, 4.69) is 20.8 Å². The lowest BCUT2D eigenvalue weighted by atomic mass is 9.82. The lowest BCUT2D eigenvalue weighted by Gasteiger charge is -2.32. The molecule has 8 heteroatoms. The SMILES string of the molecule is CC(C)(C)C(NC(=O)c1n[nH]c2c1CNCC2)c1ccc(F)cc1F.Cl. The Morgan fingerprint density at radius 2 is 2.04 bits per heavy atom. The molecule has 0 aliphatic carbocycles. The van der Waals surface area contributed by atoms with Crippen molar-refractivity contribution in [3.8, 4) is 0 Å². The number of aromatic nitrogens is 2. The molecule has 1 aliphatic rings. The zero-order chi connectivity index (χ0) is 18.2. The summed E-state index contributed by atoms with van der Waals surface area (Å²) in [6.45, 7) is 7.08. The molecule has 1 aromatic heterocycles. The van der Waals surface area contributed by atoms with E-state index in [1.165, 1.54) is 12.1 Å². The summed E-state index contributed by atoms with van der Waals surface area (Å²) < 4.78 is 27.5. The summed E-state index contributed by atoms with van der Waals surface area (Å²) in [6.07, 6.45) is 0.783. The second kappa shape index (κ2) is 7.72. The number of aromatic amines is 1. The van der Waals surface area contributed by atoms with Gasteiger partial charge in [-0.1, -0.05) is 26.8 Å². The van der Waals surface area contributed by atoms with Crippen molar-refractivity contribution in [3.63, 3.8) is 0 Å². The van der Waals surface area contributed by atoms with Gasteiger partial charge >= 0.3 is 0 Å². The van der Waals surface area contributed by atoms with Crippen LogP contribution in [0.4, 0.5) is 8.78 Å². The summed E-state index contributed by atoms with van der Waals surface area (Å²) >= 11 is 0. The van der Waals surface area contributed by atoms with Crippen LogP contribution in [-0.4, -0.2) is 22.6 Å². The Labute approximate surface area is 157 Å². The monoisotopic (exact) mass is 384 g/mol. The van der Waals surface area contributed by atoms with Gasteiger partial charge in [-0.2, -0.15) is 5.10 Å². The minimum Gasteiger partial charge on any atom is -0.343 e. The molecule has 0 saturated carbocycles. The van der Waals surface area contributed by atoms with E-state index in [4.69, 9.17) is 0 Å². The molecule has 0 bridgehead atoms. The number of halogens is 3. The second-order valence-corrected chi connectivity index (χ2v) is 7.39. The van der Waals surface area contributed by atoms with Crippen LogP contribution >= 0.6 is 12.4 Å². The topological polar surface area (TPSA) is 69.8 Å². The van der Waals surface area contributed by atoms with Crippen molar-refractivity contribution in [2.45, 2.75) is 39.8 Å². The van der Waals surface area contributed by atoms with Gasteiger partial charge in [-0.3, -0.25) is 9.89 Å². The number of hydrogen-bond acceptors (Lipinski definition) is 3. The van der Waals surface area contributed by atoms with Crippen LogP contribution in [-0.2, 0) is 13.0 Å². The minimum atomic E-state index is -0.675. The molecule has 0 saturated heterocycles. The van der Waals surface area contributed by atoms with Gasteiger partial charge in [0, 0.05) is 42.4 Å². The predicted molar refractivity (Wildman–Crippen MR) is 97.3 cm³/mol. The number of carbonyl (C=O) groups excluding carboxylic acids is 1. The van der Waals surface area contributed by atoms with Gasteiger partial charge in [0.05, 0.1) is 6.04 Å². The highest BCUT2D eigenvalue weighted by Gasteiger charge is 2.32. The largest absolute Gasteiger partial charge is 0.343 e. The van der Waals surface area contributed by atoms with Gasteiger partial charge in [0.2, 0.25) is 0 Å². The summed E-state index contributed by atoms with van der Waals surface area (Å²) in [5.41, 5.74) is 1.90. The number of carbonyl (C=O) groups is 1. The van der Waals surface area contributed by atoms with E-state index in [9.17, 15) is 13.6 Å². The molecule has 1 atom stereocenters. The number of amides is 1. The standard InChI is InChI=1S/C18H22F2N4O.ClH/c1-18(2,3)16(11-5-4-10(19)8-13(11)20)22-17(25)15-12-9-21-7-6-14(12)23-24-15;/h4-5,8,16,21H,6-7,9H2,1-3H3,(H,22,25)(H,23,24);1H. The van der Waals surface area contributed by atoms with E-state index in [0.29, 0.717) is 12.2 Å². The molecule has 1 aliphatic heterocycles. The van der Waals surface area contributed by atoms with Crippen LogP contribution < -0.4 is 10.6 Å². The van der Waals surface area contributed by atoms with Crippen LogP contribution in [0.2, 0.25) is 0 Å². The van der Waals surface area contributed by atoms with E-state index >= 15 is 0 Å². The third kappa shape index (κ3) is 4.04. The van der Waals surface area contributed by atoms with E-state index in [-0.39, 0.29) is 23.9 Å². The molecule has 1 unspecified atom stereocenters. The van der Waals surface area contributed by atoms with Crippen LogP contribution in [0.15, 0.2) is 18.2 Å². The normalized spacial score (nSPS) is 15.0. The summed E-state index contributed by atoms with van der Waals surface area (Å²) in [6, 6.07) is 2.79. The molecule has 5 nitrogen and oxygen atoms in total. The molecule has 1 aromatic carbocycles. The van der Waals surface area contributed by atoms with Gasteiger partial charge in [-0.15, -0.1) is 12.4 Å². The zero-order valence-corrected chi connectivity index (χ0v) is 15.8. The third-order valence-electron chi connectivity index (χ3n) is 4.44. The van der Waals surface area contributed by atoms with Crippen LogP contribution in [0.5, 0.6) is 0 Å². The first-order valence-electron chi connectivity index (χ1n) is 8.30. The predicted octanol–water partition coefficient (Wildman–Crippen LogP) is 3.27. The average Bonchev–Trinajstić information content (AvgIpc) is 2.96. The van der Waals surface area contributed by atoms with E-state index in [1.54, 1.807) is 0 Å². The maximum absolute atomic E-state index is 14.3. The lowest BCUT2D eigenvalue weighted by Crippen LogP contribution is -2.38. The summed E-state index contributed by atoms with van der Waals surface area (Å²) in [7, 11) is 0. The number of rotatable bonds is 3. The van der Waals surface area contributed by atoms with E-state index < -0.39 is 23.1 Å².